The summed E-state index contributed by atoms with van der Waals surface area (Å²) in [5, 5.41) is 12.9. The van der Waals surface area contributed by atoms with E-state index in [-0.39, 0.29) is 19.1 Å². The van der Waals surface area contributed by atoms with Crippen LogP contribution in [0.25, 0.3) is 4.96 Å². The van der Waals surface area contributed by atoms with Crippen LogP contribution >= 0.6 is 11.3 Å². The summed E-state index contributed by atoms with van der Waals surface area (Å²) in [6.07, 6.45) is 5.98. The minimum atomic E-state index is -1.02. The second-order valence-electron chi connectivity index (χ2n) is 6.71. The summed E-state index contributed by atoms with van der Waals surface area (Å²) in [5.41, 5.74) is -0.597. The van der Waals surface area contributed by atoms with Gasteiger partial charge in [-0.3, -0.25) is 9.20 Å². The molecular formula is C16H22N4O3S. The number of rotatable bonds is 3. The van der Waals surface area contributed by atoms with E-state index in [4.69, 9.17) is 4.74 Å². The maximum absolute atomic E-state index is 12.8. The van der Waals surface area contributed by atoms with Crippen LogP contribution in [0, 0.1) is 0 Å². The molecule has 130 valence electrons. The third kappa shape index (κ3) is 3.19. The lowest BCUT2D eigenvalue weighted by atomic mass is 10.0. The highest BCUT2D eigenvalue weighted by atomic mass is 32.1. The number of aliphatic hydroxyl groups is 1. The van der Waals surface area contributed by atoms with Crippen LogP contribution < -0.4 is 0 Å². The number of nitrogens with zero attached hydrogens (tertiary/aromatic N) is 4. The highest BCUT2D eigenvalue weighted by molar-refractivity contribution is 7.15. The number of ether oxygens (including phenoxy) is 1. The summed E-state index contributed by atoms with van der Waals surface area (Å²) in [5.74, 6) is -0.142. The van der Waals surface area contributed by atoms with Crippen LogP contribution in [0.2, 0.25) is 0 Å². The molecule has 2 aromatic rings. The Labute approximate surface area is 144 Å². The third-order valence-corrected chi connectivity index (χ3v) is 5.45. The van der Waals surface area contributed by atoms with Gasteiger partial charge in [-0.05, 0) is 25.9 Å². The molecule has 2 aliphatic heterocycles. The first kappa shape index (κ1) is 16.0. The Morgan fingerprint density at radius 3 is 3.00 bits per heavy atom. The first-order chi connectivity index (χ1) is 11.6. The van der Waals surface area contributed by atoms with Crippen molar-refractivity contribution >= 4 is 22.2 Å². The minimum absolute atomic E-state index is 0.142. The van der Waals surface area contributed by atoms with E-state index in [0.717, 1.165) is 18.1 Å². The number of amides is 1. The summed E-state index contributed by atoms with van der Waals surface area (Å²) in [6, 6.07) is 0. The lowest BCUT2D eigenvalue weighted by Gasteiger charge is -2.33. The summed E-state index contributed by atoms with van der Waals surface area (Å²) in [4.78, 5) is 21.9. The van der Waals surface area contributed by atoms with E-state index in [1.54, 1.807) is 11.1 Å². The van der Waals surface area contributed by atoms with E-state index in [1.807, 2.05) is 16.0 Å². The fourth-order valence-electron chi connectivity index (χ4n) is 3.54. The van der Waals surface area contributed by atoms with Crippen molar-refractivity contribution in [3.63, 3.8) is 0 Å². The number of aromatic nitrogens is 2. The Morgan fingerprint density at radius 2 is 2.21 bits per heavy atom. The molecule has 0 bridgehead atoms. The number of carbonyl (C=O) groups excluding carboxylic acids is 1. The topological polar surface area (TPSA) is 70.3 Å². The fourth-order valence-corrected chi connectivity index (χ4v) is 4.24. The SMILES string of the molecule is O=C(c1cn2ccsc2n1)N1CCOC[C@@](O)(CN2CCCC2)C1. The van der Waals surface area contributed by atoms with Gasteiger partial charge < -0.3 is 19.6 Å². The van der Waals surface area contributed by atoms with Crippen molar-refractivity contribution in [3.8, 4) is 0 Å². The van der Waals surface area contributed by atoms with Crippen LogP contribution in [0.4, 0.5) is 0 Å². The molecule has 1 amide bonds. The Balaban J connectivity index is 1.50. The number of hydrogen-bond acceptors (Lipinski definition) is 6. The molecule has 2 saturated heterocycles. The highest BCUT2D eigenvalue weighted by Gasteiger charge is 2.37. The van der Waals surface area contributed by atoms with Crippen molar-refractivity contribution in [2.24, 2.45) is 0 Å². The maximum Gasteiger partial charge on any atom is 0.274 e. The third-order valence-electron chi connectivity index (χ3n) is 4.68. The number of fused-ring (bicyclic) bond motifs is 1. The monoisotopic (exact) mass is 350 g/mol. The molecule has 2 fully saturated rings. The van der Waals surface area contributed by atoms with Gasteiger partial charge >= 0.3 is 0 Å². The zero-order valence-corrected chi connectivity index (χ0v) is 14.4. The molecule has 7 nitrogen and oxygen atoms in total. The number of β-amino-alcohol motifs (C(OH)–C–C–N with tert-alkyl or cyclic N) is 1. The van der Waals surface area contributed by atoms with Gasteiger partial charge in [0.25, 0.3) is 5.91 Å². The van der Waals surface area contributed by atoms with Crippen molar-refractivity contribution in [2.45, 2.75) is 18.4 Å². The fraction of sp³-hybridized carbons (Fsp3) is 0.625. The number of imidazole rings is 1. The van der Waals surface area contributed by atoms with Crippen molar-refractivity contribution < 1.29 is 14.6 Å². The summed E-state index contributed by atoms with van der Waals surface area (Å²) in [7, 11) is 0. The van der Waals surface area contributed by atoms with Crippen LogP contribution in [0.5, 0.6) is 0 Å². The smallest absolute Gasteiger partial charge is 0.274 e. The number of hydrogen-bond donors (Lipinski definition) is 1. The zero-order valence-electron chi connectivity index (χ0n) is 13.6. The second-order valence-corrected chi connectivity index (χ2v) is 7.58. The maximum atomic E-state index is 12.8. The molecule has 0 aromatic carbocycles. The van der Waals surface area contributed by atoms with Crippen molar-refractivity contribution in [1.82, 2.24) is 19.2 Å². The minimum Gasteiger partial charge on any atom is -0.384 e. The Morgan fingerprint density at radius 1 is 1.38 bits per heavy atom. The van der Waals surface area contributed by atoms with Gasteiger partial charge in [0.05, 0.1) is 19.8 Å². The lowest BCUT2D eigenvalue weighted by molar-refractivity contribution is -0.0524. The summed E-state index contributed by atoms with van der Waals surface area (Å²) in [6.45, 7) is 4.04. The van der Waals surface area contributed by atoms with Crippen molar-refractivity contribution in [3.05, 3.63) is 23.5 Å². The number of thiazole rings is 1. The first-order valence-corrected chi connectivity index (χ1v) is 9.25. The standard InChI is InChI=1S/C16H22N4O3S/c21-14(13-9-19-6-8-24-15(19)17-13)20-5-7-23-12-16(22,11-20)10-18-3-1-2-4-18/h6,8-9,22H,1-5,7,10-12H2/t16-/m1/s1. The molecule has 0 aliphatic carbocycles. The van der Waals surface area contributed by atoms with E-state index in [2.05, 4.69) is 9.88 Å². The predicted molar refractivity (Wildman–Crippen MR) is 90.4 cm³/mol. The van der Waals surface area contributed by atoms with Crippen molar-refractivity contribution in [1.29, 1.82) is 0 Å². The Hall–Kier alpha value is -1.48. The average Bonchev–Trinajstić information content (AvgIpc) is 3.24. The van der Waals surface area contributed by atoms with E-state index in [9.17, 15) is 9.90 Å². The van der Waals surface area contributed by atoms with Gasteiger partial charge in [0.1, 0.15) is 11.3 Å². The van der Waals surface area contributed by atoms with E-state index in [1.165, 1.54) is 24.2 Å². The number of carbonyl (C=O) groups is 1. The summed E-state index contributed by atoms with van der Waals surface area (Å²) >= 11 is 1.50. The molecule has 1 atom stereocenters. The molecule has 0 saturated carbocycles. The van der Waals surface area contributed by atoms with Crippen LogP contribution in [0.3, 0.4) is 0 Å². The quantitative estimate of drug-likeness (QED) is 0.882. The van der Waals surface area contributed by atoms with E-state index in [0.29, 0.717) is 25.4 Å². The van der Waals surface area contributed by atoms with Crippen LogP contribution in [0.15, 0.2) is 17.8 Å². The predicted octanol–water partition coefficient (Wildman–Crippen LogP) is 0.695. The number of likely N-dealkylation sites (tertiary alicyclic amines) is 1. The largest absolute Gasteiger partial charge is 0.384 e. The van der Waals surface area contributed by atoms with E-state index < -0.39 is 5.60 Å². The van der Waals surface area contributed by atoms with Gasteiger partial charge in [0.15, 0.2) is 4.96 Å². The normalized spacial score (nSPS) is 26.1. The lowest BCUT2D eigenvalue weighted by Crippen LogP contribution is -2.53. The van der Waals surface area contributed by atoms with Gasteiger partial charge in [0.2, 0.25) is 0 Å². The van der Waals surface area contributed by atoms with Gasteiger partial charge in [-0.1, -0.05) is 0 Å². The molecule has 2 aliphatic rings. The second kappa shape index (κ2) is 6.44. The van der Waals surface area contributed by atoms with Gasteiger partial charge in [0, 0.05) is 30.9 Å². The summed E-state index contributed by atoms with van der Waals surface area (Å²) < 4.78 is 7.44. The van der Waals surface area contributed by atoms with Gasteiger partial charge in [-0.2, -0.15) is 0 Å². The molecule has 0 unspecified atom stereocenters. The molecule has 4 rings (SSSR count). The van der Waals surface area contributed by atoms with Crippen LogP contribution in [-0.2, 0) is 4.74 Å². The van der Waals surface area contributed by atoms with Crippen molar-refractivity contribution in [2.75, 3.05) is 45.9 Å². The molecule has 4 heterocycles. The van der Waals surface area contributed by atoms with E-state index >= 15 is 0 Å². The first-order valence-electron chi connectivity index (χ1n) is 8.37. The Bertz CT molecular complexity index is 695. The zero-order chi connectivity index (χ0) is 16.6. The Kier molecular flexibility index (Phi) is 4.29. The molecule has 2 aromatic heterocycles. The van der Waals surface area contributed by atoms with Gasteiger partial charge in [-0.15, -0.1) is 11.3 Å². The molecule has 0 radical (unpaired) electrons. The van der Waals surface area contributed by atoms with Gasteiger partial charge in [-0.25, -0.2) is 4.98 Å². The molecular weight excluding hydrogens is 328 g/mol. The molecule has 0 spiro atoms. The average molecular weight is 350 g/mol. The molecule has 1 N–H and O–H groups in total. The van der Waals surface area contributed by atoms with Crippen LogP contribution in [-0.4, -0.2) is 81.7 Å². The van der Waals surface area contributed by atoms with Crippen LogP contribution in [0.1, 0.15) is 23.3 Å². The molecule has 8 heteroatoms. The molecule has 24 heavy (non-hydrogen) atoms. The highest BCUT2D eigenvalue weighted by Crippen LogP contribution is 2.20.